The van der Waals surface area contributed by atoms with Gasteiger partial charge in [-0.3, -0.25) is 0 Å². The molecule has 0 radical (unpaired) electrons. The largest absolute Gasteiger partial charge is 0.306 e. The molecule has 0 aliphatic rings. The monoisotopic (exact) mass is 229 g/mol. The van der Waals surface area contributed by atoms with Gasteiger partial charge in [-0.15, -0.1) is 0 Å². The Kier molecular flexibility index (Phi) is 3.94. The van der Waals surface area contributed by atoms with E-state index in [0.29, 0.717) is 0 Å². The lowest BCUT2D eigenvalue weighted by Crippen LogP contribution is -2.22. The molecule has 0 saturated heterocycles. The van der Waals surface area contributed by atoms with Crippen molar-refractivity contribution in [2.75, 3.05) is 19.6 Å². The molecule has 17 heavy (non-hydrogen) atoms. The van der Waals surface area contributed by atoms with Crippen LogP contribution in [0.5, 0.6) is 0 Å². The van der Waals surface area contributed by atoms with Crippen LogP contribution in [0.25, 0.3) is 11.7 Å². The number of imidazole rings is 1. The fourth-order valence-corrected chi connectivity index (χ4v) is 1.84. The summed E-state index contributed by atoms with van der Waals surface area (Å²) in [5, 5.41) is 0. The summed E-state index contributed by atoms with van der Waals surface area (Å²) >= 11 is 0. The number of aromatic nitrogens is 2. The van der Waals surface area contributed by atoms with Crippen molar-refractivity contribution in [3.05, 3.63) is 42.4 Å². The zero-order valence-electron chi connectivity index (χ0n) is 10.5. The van der Waals surface area contributed by atoms with Crippen molar-refractivity contribution < 1.29 is 0 Å². The fraction of sp³-hybridized carbons (Fsp3) is 0.357. The van der Waals surface area contributed by atoms with Crippen LogP contribution in [0.1, 0.15) is 19.5 Å². The second-order valence-corrected chi connectivity index (χ2v) is 4.02. The first kappa shape index (κ1) is 11.9. The van der Waals surface area contributed by atoms with Crippen molar-refractivity contribution in [2.24, 2.45) is 0 Å². The molecule has 0 aromatic carbocycles. The minimum absolute atomic E-state index is 0.987. The van der Waals surface area contributed by atoms with E-state index in [4.69, 9.17) is 0 Å². The van der Waals surface area contributed by atoms with Gasteiger partial charge in [0.15, 0.2) is 0 Å². The first-order valence-corrected chi connectivity index (χ1v) is 6.16. The number of fused-ring (bicyclic) bond motifs is 1. The van der Waals surface area contributed by atoms with Crippen LogP contribution >= 0.6 is 0 Å². The summed E-state index contributed by atoms with van der Waals surface area (Å²) in [6.45, 7) is 7.53. The second-order valence-electron chi connectivity index (χ2n) is 4.02. The van der Waals surface area contributed by atoms with Gasteiger partial charge in [0, 0.05) is 18.9 Å². The van der Waals surface area contributed by atoms with Crippen molar-refractivity contribution >= 4 is 11.7 Å². The number of hydrogen-bond acceptors (Lipinski definition) is 2. The van der Waals surface area contributed by atoms with Gasteiger partial charge < -0.3 is 9.30 Å². The number of rotatable bonds is 5. The van der Waals surface area contributed by atoms with Crippen molar-refractivity contribution in [3.63, 3.8) is 0 Å². The van der Waals surface area contributed by atoms with Crippen LogP contribution in [0.2, 0.25) is 0 Å². The van der Waals surface area contributed by atoms with E-state index in [2.05, 4.69) is 35.9 Å². The Balaban J connectivity index is 2.05. The van der Waals surface area contributed by atoms with Crippen LogP contribution in [0, 0.1) is 0 Å². The predicted molar refractivity (Wildman–Crippen MR) is 72.0 cm³/mol. The maximum atomic E-state index is 4.52. The average Bonchev–Trinajstić information content (AvgIpc) is 2.77. The highest BCUT2D eigenvalue weighted by Crippen LogP contribution is 2.05. The molecule has 0 atom stereocenters. The molecule has 3 nitrogen and oxygen atoms in total. The Morgan fingerprint density at radius 1 is 1.29 bits per heavy atom. The molecule has 2 aromatic heterocycles. The van der Waals surface area contributed by atoms with Gasteiger partial charge >= 0.3 is 0 Å². The summed E-state index contributed by atoms with van der Waals surface area (Å²) < 4.78 is 2.04. The van der Waals surface area contributed by atoms with Gasteiger partial charge in [0.25, 0.3) is 0 Å². The Hall–Kier alpha value is -1.61. The molecular formula is C14H19N3. The topological polar surface area (TPSA) is 20.5 Å². The van der Waals surface area contributed by atoms with Crippen LogP contribution in [0.4, 0.5) is 0 Å². The SMILES string of the molecule is CCN(CC)C/C=C/c1cn2ccccc2n1. The molecule has 90 valence electrons. The lowest BCUT2D eigenvalue weighted by atomic mass is 10.4. The van der Waals surface area contributed by atoms with Gasteiger partial charge in [0.2, 0.25) is 0 Å². The molecular weight excluding hydrogens is 210 g/mol. The summed E-state index contributed by atoms with van der Waals surface area (Å²) in [6, 6.07) is 6.03. The van der Waals surface area contributed by atoms with Crippen LogP contribution in [-0.2, 0) is 0 Å². The van der Waals surface area contributed by atoms with E-state index < -0.39 is 0 Å². The summed E-state index contributed by atoms with van der Waals surface area (Å²) in [5.41, 5.74) is 2.01. The van der Waals surface area contributed by atoms with Crippen molar-refractivity contribution in [1.82, 2.24) is 14.3 Å². The minimum Gasteiger partial charge on any atom is -0.306 e. The molecule has 0 unspecified atom stereocenters. The van der Waals surface area contributed by atoms with Crippen molar-refractivity contribution in [3.8, 4) is 0 Å². The van der Waals surface area contributed by atoms with Gasteiger partial charge in [-0.1, -0.05) is 26.0 Å². The standard InChI is InChI=1S/C14H19N3/c1-3-16(4-2)10-7-8-13-12-17-11-6-5-9-14(17)15-13/h5-9,11-12H,3-4,10H2,1-2H3/b8-7+. The molecule has 0 amide bonds. The highest BCUT2D eigenvalue weighted by molar-refractivity contribution is 5.51. The van der Waals surface area contributed by atoms with Crippen molar-refractivity contribution in [2.45, 2.75) is 13.8 Å². The van der Waals surface area contributed by atoms with E-state index in [0.717, 1.165) is 31.0 Å². The molecule has 0 fully saturated rings. The number of likely N-dealkylation sites (N-methyl/N-ethyl adjacent to an activating group) is 1. The van der Waals surface area contributed by atoms with Gasteiger partial charge in [-0.25, -0.2) is 4.98 Å². The summed E-state index contributed by atoms with van der Waals surface area (Å²) in [4.78, 5) is 6.89. The van der Waals surface area contributed by atoms with Crippen LogP contribution < -0.4 is 0 Å². The molecule has 2 heterocycles. The zero-order chi connectivity index (χ0) is 12.1. The van der Waals surface area contributed by atoms with E-state index >= 15 is 0 Å². The van der Waals surface area contributed by atoms with Gasteiger partial charge in [-0.05, 0) is 31.3 Å². The van der Waals surface area contributed by atoms with E-state index in [-0.39, 0.29) is 0 Å². The second kappa shape index (κ2) is 5.64. The molecule has 2 rings (SSSR count). The lowest BCUT2D eigenvalue weighted by Gasteiger charge is -2.14. The smallest absolute Gasteiger partial charge is 0.137 e. The van der Waals surface area contributed by atoms with Gasteiger partial charge in [0.05, 0.1) is 5.69 Å². The molecule has 0 aliphatic heterocycles. The lowest BCUT2D eigenvalue weighted by molar-refractivity contribution is 0.338. The highest BCUT2D eigenvalue weighted by Gasteiger charge is 1.97. The first-order chi connectivity index (χ1) is 8.33. The molecule has 0 N–H and O–H groups in total. The number of nitrogens with zero attached hydrogens (tertiary/aromatic N) is 3. The van der Waals surface area contributed by atoms with Gasteiger partial charge in [-0.2, -0.15) is 0 Å². The highest BCUT2D eigenvalue weighted by atomic mass is 15.1. The third-order valence-electron chi connectivity index (χ3n) is 2.93. The third kappa shape index (κ3) is 2.94. The number of pyridine rings is 1. The molecule has 0 aliphatic carbocycles. The maximum Gasteiger partial charge on any atom is 0.137 e. The fourth-order valence-electron chi connectivity index (χ4n) is 1.84. The third-order valence-corrected chi connectivity index (χ3v) is 2.93. The summed E-state index contributed by atoms with van der Waals surface area (Å²) in [5.74, 6) is 0. The van der Waals surface area contributed by atoms with E-state index in [1.165, 1.54) is 0 Å². The first-order valence-electron chi connectivity index (χ1n) is 6.16. The zero-order valence-corrected chi connectivity index (χ0v) is 10.5. The quantitative estimate of drug-likeness (QED) is 0.785. The Morgan fingerprint density at radius 3 is 2.82 bits per heavy atom. The molecule has 3 heteroatoms. The Morgan fingerprint density at radius 2 is 2.12 bits per heavy atom. The molecule has 0 saturated carbocycles. The summed E-state index contributed by atoms with van der Waals surface area (Å²) in [7, 11) is 0. The summed E-state index contributed by atoms with van der Waals surface area (Å²) in [6.07, 6.45) is 8.33. The Bertz CT molecular complexity index is 462. The van der Waals surface area contributed by atoms with E-state index in [1.54, 1.807) is 0 Å². The number of hydrogen-bond donors (Lipinski definition) is 0. The normalized spacial score (nSPS) is 11.9. The molecule has 0 spiro atoms. The Labute approximate surface area is 102 Å². The van der Waals surface area contributed by atoms with Crippen molar-refractivity contribution in [1.29, 1.82) is 0 Å². The van der Waals surface area contributed by atoms with Crippen LogP contribution in [0.3, 0.4) is 0 Å². The van der Waals surface area contributed by atoms with Gasteiger partial charge in [0.1, 0.15) is 5.65 Å². The van der Waals surface area contributed by atoms with E-state index in [9.17, 15) is 0 Å². The maximum absolute atomic E-state index is 4.52. The van der Waals surface area contributed by atoms with E-state index in [1.807, 2.05) is 35.0 Å². The average molecular weight is 229 g/mol. The van der Waals surface area contributed by atoms with Crippen LogP contribution in [0.15, 0.2) is 36.7 Å². The minimum atomic E-state index is 0.987. The van der Waals surface area contributed by atoms with Crippen LogP contribution in [-0.4, -0.2) is 33.9 Å². The molecule has 2 aromatic rings. The molecule has 0 bridgehead atoms. The predicted octanol–water partition coefficient (Wildman–Crippen LogP) is 2.69.